The number of rotatable bonds is 9. The number of thioether (sulfide) groups is 2. The van der Waals surface area contributed by atoms with E-state index in [1.807, 2.05) is 12.1 Å². The third kappa shape index (κ3) is 4.78. The van der Waals surface area contributed by atoms with Gasteiger partial charge in [-0.05, 0) is 22.9 Å². The number of aromatic amines is 1. The number of H-pyrrole nitrogens is 1. The van der Waals surface area contributed by atoms with Crippen molar-refractivity contribution in [1.82, 2.24) is 30.8 Å². The number of hydrogen-bond donors (Lipinski definition) is 3. The maximum atomic E-state index is 12.8. The fraction of sp³-hybridized carbons (Fsp3) is 0.316. The Kier molecular flexibility index (Phi) is 6.80. The van der Waals surface area contributed by atoms with Crippen molar-refractivity contribution in [3.8, 4) is 11.8 Å². The summed E-state index contributed by atoms with van der Waals surface area (Å²) in [4.78, 5) is 38.3. The minimum Gasteiger partial charge on any atom is -0.484 e. The molecule has 2 aromatic rings. The van der Waals surface area contributed by atoms with Crippen molar-refractivity contribution in [3.63, 3.8) is 0 Å². The number of nitrogens with one attached hydrogen (secondary N) is 2. The Balaban J connectivity index is 1.47. The predicted molar refractivity (Wildman–Crippen MR) is 116 cm³/mol. The number of aromatic nitrogens is 4. The zero-order chi connectivity index (χ0) is 23.4. The molecule has 1 aromatic heterocycles. The molecular formula is C19H17N7O5S2. The molecule has 2 aliphatic rings. The Hall–Kier alpha value is -3.57. The summed E-state index contributed by atoms with van der Waals surface area (Å²) >= 11 is 2.41. The van der Waals surface area contributed by atoms with Crippen LogP contribution in [0, 0.1) is 11.3 Å². The topological polar surface area (TPSA) is 174 Å². The van der Waals surface area contributed by atoms with Gasteiger partial charge in [0.1, 0.15) is 22.9 Å². The molecular weight excluding hydrogens is 470 g/mol. The van der Waals surface area contributed by atoms with Gasteiger partial charge >= 0.3 is 5.97 Å². The summed E-state index contributed by atoms with van der Waals surface area (Å²) in [6, 6.07) is 9.94. The van der Waals surface area contributed by atoms with Crippen molar-refractivity contribution in [3.05, 3.63) is 41.6 Å². The van der Waals surface area contributed by atoms with Crippen molar-refractivity contribution >= 4 is 41.3 Å². The predicted octanol–water partition coefficient (Wildman–Crippen LogP) is 0.392. The number of fused-ring (bicyclic) bond motifs is 1. The van der Waals surface area contributed by atoms with E-state index in [1.165, 1.54) is 11.8 Å². The van der Waals surface area contributed by atoms with E-state index in [0.29, 0.717) is 11.3 Å². The number of benzene rings is 1. The van der Waals surface area contributed by atoms with Crippen LogP contribution in [0.1, 0.15) is 6.42 Å². The molecule has 0 radical (unpaired) electrons. The monoisotopic (exact) mass is 487 g/mol. The summed E-state index contributed by atoms with van der Waals surface area (Å²) in [5.74, 6) is -1.52. The number of tetrazole rings is 1. The summed E-state index contributed by atoms with van der Waals surface area (Å²) in [7, 11) is 0. The molecule has 1 aromatic carbocycles. The number of carbonyl (C=O) groups is 3. The highest BCUT2D eigenvalue weighted by molar-refractivity contribution is 8.01. The van der Waals surface area contributed by atoms with Gasteiger partial charge in [0.15, 0.2) is 6.61 Å². The van der Waals surface area contributed by atoms with E-state index in [9.17, 15) is 24.8 Å². The molecule has 170 valence electrons. The fourth-order valence-electron chi connectivity index (χ4n) is 3.42. The quantitative estimate of drug-likeness (QED) is 0.330. The van der Waals surface area contributed by atoms with Crippen molar-refractivity contribution in [1.29, 1.82) is 5.26 Å². The molecule has 0 saturated carbocycles. The van der Waals surface area contributed by atoms with Gasteiger partial charge in [-0.1, -0.05) is 30.0 Å². The number of ether oxygens (including phenoxy) is 1. The van der Waals surface area contributed by atoms with Gasteiger partial charge in [-0.2, -0.15) is 10.5 Å². The fourth-order valence-corrected chi connectivity index (χ4v) is 5.88. The Bertz CT molecular complexity index is 1120. The Labute approximate surface area is 195 Å². The maximum Gasteiger partial charge on any atom is 0.352 e. The number of para-hydroxylation sites is 1. The van der Waals surface area contributed by atoms with Crippen LogP contribution in [-0.4, -0.2) is 77.4 Å². The van der Waals surface area contributed by atoms with Crippen molar-refractivity contribution in [2.24, 2.45) is 0 Å². The third-order valence-electron chi connectivity index (χ3n) is 4.87. The summed E-state index contributed by atoms with van der Waals surface area (Å²) in [5, 5.41) is 34.3. The summed E-state index contributed by atoms with van der Waals surface area (Å²) < 4.78 is 5.39. The maximum absolute atomic E-state index is 12.8. The van der Waals surface area contributed by atoms with Crippen LogP contribution in [0.15, 0.2) is 46.8 Å². The van der Waals surface area contributed by atoms with E-state index in [2.05, 4.69) is 25.9 Å². The van der Waals surface area contributed by atoms with Gasteiger partial charge < -0.3 is 15.2 Å². The average molecular weight is 488 g/mol. The Morgan fingerprint density at radius 3 is 2.88 bits per heavy atom. The van der Waals surface area contributed by atoms with Gasteiger partial charge in [0, 0.05) is 11.0 Å². The van der Waals surface area contributed by atoms with Gasteiger partial charge in [0.25, 0.3) is 11.8 Å². The van der Waals surface area contributed by atoms with Crippen molar-refractivity contribution in [2.75, 3.05) is 12.4 Å². The second kappa shape index (κ2) is 9.92. The molecule has 2 amide bonds. The molecule has 12 nitrogen and oxygen atoms in total. The van der Waals surface area contributed by atoms with Crippen LogP contribution in [0.2, 0.25) is 0 Å². The van der Waals surface area contributed by atoms with Crippen LogP contribution in [0.5, 0.6) is 5.75 Å². The highest BCUT2D eigenvalue weighted by Gasteiger charge is 2.54. The number of hydrogen-bond acceptors (Lipinski definition) is 10. The minimum atomic E-state index is -1.28. The van der Waals surface area contributed by atoms with Crippen LogP contribution in [0.4, 0.5) is 0 Å². The van der Waals surface area contributed by atoms with Gasteiger partial charge in [-0.3, -0.25) is 14.5 Å². The summed E-state index contributed by atoms with van der Waals surface area (Å²) in [6.45, 7) is -0.274. The molecule has 3 N–H and O–H groups in total. The van der Waals surface area contributed by atoms with Crippen LogP contribution in [-0.2, 0) is 14.4 Å². The van der Waals surface area contributed by atoms with Gasteiger partial charge in [-0.15, -0.1) is 22.0 Å². The molecule has 0 aliphatic carbocycles. The zero-order valence-electron chi connectivity index (χ0n) is 16.9. The number of carbonyl (C=O) groups excluding carboxylic acids is 2. The van der Waals surface area contributed by atoms with E-state index in [0.717, 1.165) is 16.7 Å². The second-order valence-electron chi connectivity index (χ2n) is 6.90. The highest BCUT2D eigenvalue weighted by Crippen LogP contribution is 2.44. The molecule has 33 heavy (non-hydrogen) atoms. The largest absolute Gasteiger partial charge is 0.484 e. The third-order valence-corrected chi connectivity index (χ3v) is 7.29. The first-order valence-electron chi connectivity index (χ1n) is 9.65. The van der Waals surface area contributed by atoms with Gasteiger partial charge in [-0.25, -0.2) is 4.79 Å². The SMILES string of the molecule is N#CCC(Sc1nn[nH]n1)C1=C(C(=O)O)N2C(=O)C(NC(=O)COc3ccccc3)[C@H]2SC1. The molecule has 4 rings (SSSR count). The van der Waals surface area contributed by atoms with E-state index in [1.54, 1.807) is 24.3 Å². The molecule has 2 aliphatic heterocycles. The van der Waals surface area contributed by atoms with Gasteiger partial charge in [0.05, 0.1) is 12.5 Å². The first-order chi connectivity index (χ1) is 16.0. The molecule has 3 heterocycles. The lowest BCUT2D eigenvalue weighted by Gasteiger charge is -2.50. The van der Waals surface area contributed by atoms with Gasteiger partial charge in [0.2, 0.25) is 5.16 Å². The van der Waals surface area contributed by atoms with Crippen molar-refractivity contribution < 1.29 is 24.2 Å². The lowest BCUT2D eigenvalue weighted by atomic mass is 10.0. The number of nitrogens with zero attached hydrogens (tertiary/aromatic N) is 5. The highest BCUT2D eigenvalue weighted by atomic mass is 32.2. The number of carboxylic acid groups (broad SMARTS) is 1. The second-order valence-corrected chi connectivity index (χ2v) is 9.17. The van der Waals surface area contributed by atoms with E-state index >= 15 is 0 Å². The van der Waals surface area contributed by atoms with Crippen molar-refractivity contribution in [2.45, 2.75) is 28.2 Å². The lowest BCUT2D eigenvalue weighted by molar-refractivity contribution is -0.151. The number of amides is 2. The Morgan fingerprint density at radius 2 is 2.21 bits per heavy atom. The Morgan fingerprint density at radius 1 is 1.42 bits per heavy atom. The first-order valence-corrected chi connectivity index (χ1v) is 11.6. The van der Waals surface area contributed by atoms with Crippen LogP contribution < -0.4 is 10.1 Å². The molecule has 1 fully saturated rings. The molecule has 1 saturated heterocycles. The van der Waals surface area contributed by atoms with E-state index < -0.39 is 34.4 Å². The lowest BCUT2D eigenvalue weighted by Crippen LogP contribution is -2.71. The molecule has 3 atom stereocenters. The number of nitriles is 1. The van der Waals surface area contributed by atoms with E-state index in [-0.39, 0.29) is 29.6 Å². The smallest absolute Gasteiger partial charge is 0.352 e. The van der Waals surface area contributed by atoms with Crippen LogP contribution in [0.25, 0.3) is 0 Å². The molecule has 0 spiro atoms. The normalized spacial score (nSPS) is 20.3. The average Bonchev–Trinajstić information content (AvgIpc) is 3.33. The molecule has 2 unspecified atom stereocenters. The van der Waals surface area contributed by atoms with E-state index in [4.69, 9.17) is 4.74 Å². The summed E-state index contributed by atoms with van der Waals surface area (Å²) in [5.41, 5.74) is 0.247. The van der Waals surface area contributed by atoms with Crippen LogP contribution >= 0.6 is 23.5 Å². The molecule has 14 heteroatoms. The number of carboxylic acids is 1. The minimum absolute atomic E-state index is 0.00440. The standard InChI is InChI=1S/C19H17N7O5S2/c20-7-6-12(33-19-22-24-25-23-19)11-9-32-17-14(16(28)26(17)15(11)18(29)30)21-13(27)8-31-10-4-2-1-3-5-10/h1-5,12,14,17H,6,8-9H2,(H,21,27)(H,29,30)(H,22,23,24,25)/t12?,14?,17-/m1/s1. The van der Waals surface area contributed by atoms with Crippen LogP contribution in [0.3, 0.4) is 0 Å². The molecule has 0 bridgehead atoms. The number of aliphatic carboxylic acids is 1. The first kappa shape index (κ1) is 22.6. The number of β-lactam (4-membered cyclic amide) rings is 1. The summed E-state index contributed by atoms with van der Waals surface area (Å²) in [6.07, 6.45) is -0.00440. The zero-order valence-corrected chi connectivity index (χ0v) is 18.5.